The zero-order chi connectivity index (χ0) is 13.1. The van der Waals surface area contributed by atoms with Gasteiger partial charge in [0, 0.05) is 17.6 Å². The number of nitrogens with two attached hydrogens (primary N) is 1. The summed E-state index contributed by atoms with van der Waals surface area (Å²) >= 11 is 0. The van der Waals surface area contributed by atoms with Gasteiger partial charge in [0.05, 0.1) is 0 Å². The maximum absolute atomic E-state index is 12.1. The van der Waals surface area contributed by atoms with Crippen molar-refractivity contribution in [1.82, 2.24) is 0 Å². The molecule has 1 aliphatic carbocycles. The lowest BCUT2D eigenvalue weighted by atomic mass is 9.97. The Labute approximate surface area is 109 Å². The van der Waals surface area contributed by atoms with Crippen molar-refractivity contribution < 1.29 is 4.79 Å². The predicted molar refractivity (Wildman–Crippen MR) is 74.2 cm³/mol. The van der Waals surface area contributed by atoms with E-state index in [1.165, 1.54) is 12.8 Å². The van der Waals surface area contributed by atoms with Crippen LogP contribution in [0.5, 0.6) is 0 Å². The van der Waals surface area contributed by atoms with Crippen LogP contribution in [0.15, 0.2) is 24.3 Å². The number of hydrogen-bond acceptors (Lipinski definition) is 2. The van der Waals surface area contributed by atoms with E-state index in [1.54, 1.807) is 0 Å². The van der Waals surface area contributed by atoms with Gasteiger partial charge in [-0.1, -0.05) is 25.5 Å². The number of amides is 1. The van der Waals surface area contributed by atoms with E-state index in [1.807, 2.05) is 31.2 Å². The average Bonchev–Trinajstić information content (AvgIpc) is 2.76. The maximum Gasteiger partial charge on any atom is 0.227 e. The van der Waals surface area contributed by atoms with Crippen molar-refractivity contribution >= 4 is 11.6 Å². The Bertz CT molecular complexity index is 411. The summed E-state index contributed by atoms with van der Waals surface area (Å²) in [4.78, 5) is 12.1. The van der Waals surface area contributed by atoms with Gasteiger partial charge in [-0.25, -0.2) is 0 Å². The van der Waals surface area contributed by atoms with Crippen LogP contribution in [0.4, 0.5) is 5.69 Å². The molecule has 3 heteroatoms. The van der Waals surface area contributed by atoms with Gasteiger partial charge >= 0.3 is 0 Å². The molecule has 3 nitrogen and oxygen atoms in total. The van der Waals surface area contributed by atoms with Gasteiger partial charge in [0.1, 0.15) is 0 Å². The molecule has 0 saturated heterocycles. The zero-order valence-electron chi connectivity index (χ0n) is 11.1. The summed E-state index contributed by atoms with van der Waals surface area (Å²) in [5.41, 5.74) is 7.75. The number of hydrogen-bond donors (Lipinski definition) is 2. The van der Waals surface area contributed by atoms with Gasteiger partial charge in [0.15, 0.2) is 0 Å². The van der Waals surface area contributed by atoms with Gasteiger partial charge in [0.25, 0.3) is 0 Å². The van der Waals surface area contributed by atoms with Crippen LogP contribution < -0.4 is 11.1 Å². The van der Waals surface area contributed by atoms with Crippen LogP contribution >= 0.6 is 0 Å². The van der Waals surface area contributed by atoms with E-state index in [0.717, 1.165) is 17.7 Å². The second-order valence-electron chi connectivity index (χ2n) is 5.41. The summed E-state index contributed by atoms with van der Waals surface area (Å²) in [6, 6.07) is 7.83. The molecule has 0 bridgehead atoms. The standard InChI is InChI=1S/C15H22N2O/c1-10-4-3-5-14(10)15(18)17-13-8-6-12(7-9-13)11(2)16/h6-11,14H,3-5,16H2,1-2H3,(H,17,18). The smallest absolute Gasteiger partial charge is 0.227 e. The molecule has 1 fully saturated rings. The molecule has 2 rings (SSSR count). The van der Waals surface area contributed by atoms with Crippen molar-refractivity contribution in [3.8, 4) is 0 Å². The second-order valence-corrected chi connectivity index (χ2v) is 5.41. The molecule has 1 aromatic carbocycles. The molecule has 3 atom stereocenters. The van der Waals surface area contributed by atoms with E-state index < -0.39 is 0 Å². The summed E-state index contributed by atoms with van der Waals surface area (Å²) in [5.74, 6) is 0.847. The highest BCUT2D eigenvalue weighted by atomic mass is 16.1. The minimum atomic E-state index is 0.0320. The highest BCUT2D eigenvalue weighted by Gasteiger charge is 2.29. The fourth-order valence-electron chi connectivity index (χ4n) is 2.64. The number of carbonyl (C=O) groups is 1. The number of rotatable bonds is 3. The quantitative estimate of drug-likeness (QED) is 0.861. The molecular weight excluding hydrogens is 224 g/mol. The maximum atomic E-state index is 12.1. The van der Waals surface area contributed by atoms with E-state index in [9.17, 15) is 4.79 Å². The van der Waals surface area contributed by atoms with Gasteiger partial charge < -0.3 is 11.1 Å². The monoisotopic (exact) mass is 246 g/mol. The molecule has 0 radical (unpaired) electrons. The van der Waals surface area contributed by atoms with Crippen LogP contribution in [-0.4, -0.2) is 5.91 Å². The summed E-state index contributed by atoms with van der Waals surface area (Å²) in [5, 5.41) is 3.00. The Morgan fingerprint density at radius 2 is 2.00 bits per heavy atom. The van der Waals surface area contributed by atoms with Crippen molar-refractivity contribution in [1.29, 1.82) is 0 Å². The first kappa shape index (κ1) is 13.1. The average molecular weight is 246 g/mol. The number of carbonyl (C=O) groups excluding carboxylic acids is 1. The Balaban J connectivity index is 1.98. The molecular formula is C15H22N2O. The molecule has 0 heterocycles. The van der Waals surface area contributed by atoms with E-state index in [-0.39, 0.29) is 17.9 Å². The number of anilines is 1. The van der Waals surface area contributed by atoms with Crippen molar-refractivity contribution in [2.45, 2.75) is 39.2 Å². The van der Waals surface area contributed by atoms with Crippen molar-refractivity contribution in [3.63, 3.8) is 0 Å². The topological polar surface area (TPSA) is 55.1 Å². The molecule has 1 amide bonds. The second kappa shape index (κ2) is 5.53. The molecule has 18 heavy (non-hydrogen) atoms. The SMILES string of the molecule is CC(N)c1ccc(NC(=O)C2CCCC2C)cc1. The first-order valence-electron chi connectivity index (χ1n) is 6.74. The van der Waals surface area contributed by atoms with Gasteiger partial charge in [-0.2, -0.15) is 0 Å². The Morgan fingerprint density at radius 3 is 2.50 bits per heavy atom. The largest absolute Gasteiger partial charge is 0.326 e. The van der Waals surface area contributed by atoms with Crippen LogP contribution in [0.2, 0.25) is 0 Å². The van der Waals surface area contributed by atoms with E-state index >= 15 is 0 Å². The highest BCUT2D eigenvalue weighted by Crippen LogP contribution is 2.32. The lowest BCUT2D eigenvalue weighted by Gasteiger charge is -2.15. The van der Waals surface area contributed by atoms with E-state index in [0.29, 0.717) is 5.92 Å². The Kier molecular flexibility index (Phi) is 4.02. The van der Waals surface area contributed by atoms with Crippen LogP contribution in [0.25, 0.3) is 0 Å². The van der Waals surface area contributed by atoms with Gasteiger partial charge in [-0.15, -0.1) is 0 Å². The fraction of sp³-hybridized carbons (Fsp3) is 0.533. The summed E-state index contributed by atoms with van der Waals surface area (Å²) < 4.78 is 0. The third-order valence-electron chi connectivity index (χ3n) is 3.90. The minimum Gasteiger partial charge on any atom is -0.326 e. The first-order chi connectivity index (χ1) is 8.58. The van der Waals surface area contributed by atoms with E-state index in [4.69, 9.17) is 5.73 Å². The third-order valence-corrected chi connectivity index (χ3v) is 3.90. The van der Waals surface area contributed by atoms with Crippen molar-refractivity contribution in [2.24, 2.45) is 17.6 Å². The van der Waals surface area contributed by atoms with E-state index in [2.05, 4.69) is 12.2 Å². The van der Waals surface area contributed by atoms with Crippen molar-refractivity contribution in [3.05, 3.63) is 29.8 Å². The Hall–Kier alpha value is -1.35. The molecule has 1 saturated carbocycles. The molecule has 3 unspecified atom stereocenters. The van der Waals surface area contributed by atoms with Crippen molar-refractivity contribution in [2.75, 3.05) is 5.32 Å². The fourth-order valence-corrected chi connectivity index (χ4v) is 2.64. The normalized spacial score (nSPS) is 24.8. The summed E-state index contributed by atoms with van der Waals surface area (Å²) in [6.45, 7) is 4.12. The van der Waals surface area contributed by atoms with Crippen LogP contribution in [0.3, 0.4) is 0 Å². The summed E-state index contributed by atoms with van der Waals surface area (Å²) in [6.07, 6.45) is 3.36. The first-order valence-corrected chi connectivity index (χ1v) is 6.74. The van der Waals surface area contributed by atoms with Gasteiger partial charge in [-0.3, -0.25) is 4.79 Å². The van der Waals surface area contributed by atoms with Crippen LogP contribution in [0, 0.1) is 11.8 Å². The third kappa shape index (κ3) is 2.91. The lowest BCUT2D eigenvalue weighted by molar-refractivity contribution is -0.120. The molecule has 98 valence electrons. The minimum absolute atomic E-state index is 0.0320. The molecule has 0 spiro atoms. The molecule has 3 N–H and O–H groups in total. The van der Waals surface area contributed by atoms with Crippen LogP contribution in [-0.2, 0) is 4.79 Å². The molecule has 0 aromatic heterocycles. The highest BCUT2D eigenvalue weighted by molar-refractivity contribution is 5.92. The molecule has 0 aliphatic heterocycles. The predicted octanol–water partition coefficient (Wildman–Crippen LogP) is 3.08. The molecule has 1 aliphatic rings. The Morgan fingerprint density at radius 1 is 1.33 bits per heavy atom. The van der Waals surface area contributed by atoms with Gasteiger partial charge in [0.2, 0.25) is 5.91 Å². The lowest BCUT2D eigenvalue weighted by Crippen LogP contribution is -2.24. The summed E-state index contributed by atoms with van der Waals surface area (Å²) in [7, 11) is 0. The molecule has 1 aromatic rings. The number of benzene rings is 1. The van der Waals surface area contributed by atoms with Gasteiger partial charge in [-0.05, 0) is 43.4 Å². The number of nitrogens with one attached hydrogen (secondary N) is 1. The van der Waals surface area contributed by atoms with Crippen LogP contribution in [0.1, 0.15) is 44.7 Å². The zero-order valence-corrected chi connectivity index (χ0v) is 11.1.